The van der Waals surface area contributed by atoms with Crippen LogP contribution >= 0.6 is 0 Å². The number of nitrogens with one attached hydrogen (secondary N) is 2. The van der Waals surface area contributed by atoms with E-state index in [9.17, 15) is 4.79 Å². The second-order valence-electron chi connectivity index (χ2n) is 7.97. The highest BCUT2D eigenvalue weighted by Crippen LogP contribution is 2.17. The van der Waals surface area contributed by atoms with E-state index in [0.717, 1.165) is 28.2 Å². The Bertz CT molecular complexity index is 1120. The summed E-state index contributed by atoms with van der Waals surface area (Å²) in [5, 5.41) is 11.3. The molecule has 1 amide bonds. The highest BCUT2D eigenvalue weighted by molar-refractivity contribution is 5.79. The lowest BCUT2D eigenvalue weighted by Crippen LogP contribution is -2.36. The van der Waals surface area contributed by atoms with Crippen LogP contribution in [0.3, 0.4) is 0 Å². The van der Waals surface area contributed by atoms with Gasteiger partial charge in [-0.3, -0.25) is 9.79 Å². The van der Waals surface area contributed by atoms with E-state index >= 15 is 0 Å². The van der Waals surface area contributed by atoms with Gasteiger partial charge in [-0.15, -0.1) is 0 Å². The summed E-state index contributed by atoms with van der Waals surface area (Å²) in [7, 11) is 5.16. The topological polar surface area (TPSA) is 83.8 Å². The predicted molar refractivity (Wildman–Crippen MR) is 131 cm³/mol. The van der Waals surface area contributed by atoms with Crippen LogP contribution in [-0.4, -0.2) is 54.3 Å². The minimum absolute atomic E-state index is 0.0156. The Balaban J connectivity index is 1.59. The SMILES string of the molecule is CN=C(NCc1cccc(OCC(=O)N(C)C)c1)NCc1ccccc1-n1nc(C)cc1C. The van der Waals surface area contributed by atoms with Crippen LogP contribution in [0.1, 0.15) is 22.5 Å². The molecule has 1 aromatic heterocycles. The molecule has 0 bridgehead atoms. The number of hydrogen-bond donors (Lipinski definition) is 2. The van der Waals surface area contributed by atoms with Crippen LogP contribution in [0.2, 0.25) is 0 Å². The van der Waals surface area contributed by atoms with Gasteiger partial charge >= 0.3 is 0 Å². The number of likely N-dealkylation sites (N-methyl/N-ethyl adjacent to an activating group) is 1. The van der Waals surface area contributed by atoms with Crippen LogP contribution in [0.25, 0.3) is 5.69 Å². The van der Waals surface area contributed by atoms with E-state index in [4.69, 9.17) is 4.74 Å². The molecule has 0 atom stereocenters. The van der Waals surface area contributed by atoms with E-state index in [2.05, 4.69) is 45.8 Å². The number of amides is 1. The summed E-state index contributed by atoms with van der Waals surface area (Å²) in [6.45, 7) is 5.23. The highest BCUT2D eigenvalue weighted by atomic mass is 16.5. The second kappa shape index (κ2) is 11.2. The number of rotatable bonds is 8. The van der Waals surface area contributed by atoms with E-state index in [1.54, 1.807) is 21.1 Å². The molecule has 2 aromatic carbocycles. The van der Waals surface area contributed by atoms with Crippen LogP contribution in [0.4, 0.5) is 0 Å². The number of aliphatic imine (C=N–C) groups is 1. The first kappa shape index (κ1) is 23.8. The molecule has 0 spiro atoms. The summed E-state index contributed by atoms with van der Waals surface area (Å²) >= 11 is 0. The van der Waals surface area contributed by atoms with Crippen molar-refractivity contribution < 1.29 is 9.53 Å². The van der Waals surface area contributed by atoms with Crippen molar-refractivity contribution in [1.29, 1.82) is 0 Å². The molecule has 0 saturated carbocycles. The van der Waals surface area contributed by atoms with Gasteiger partial charge in [0.25, 0.3) is 5.91 Å². The number of aryl methyl sites for hydroxylation is 2. The molecule has 174 valence electrons. The number of carbonyl (C=O) groups excluding carboxylic acids is 1. The van der Waals surface area contributed by atoms with E-state index in [-0.39, 0.29) is 12.5 Å². The molecule has 0 aliphatic rings. The first-order valence-corrected chi connectivity index (χ1v) is 10.9. The molecular weight excluding hydrogens is 416 g/mol. The number of guanidine groups is 1. The average molecular weight is 449 g/mol. The smallest absolute Gasteiger partial charge is 0.259 e. The van der Waals surface area contributed by atoms with Gasteiger partial charge in [0.15, 0.2) is 12.6 Å². The van der Waals surface area contributed by atoms with Gasteiger partial charge in [-0.2, -0.15) is 5.10 Å². The van der Waals surface area contributed by atoms with Gasteiger partial charge in [0, 0.05) is 39.9 Å². The van der Waals surface area contributed by atoms with Crippen molar-refractivity contribution in [2.24, 2.45) is 4.99 Å². The number of nitrogens with zero attached hydrogens (tertiary/aromatic N) is 4. The van der Waals surface area contributed by atoms with Gasteiger partial charge in [-0.05, 0) is 49.2 Å². The lowest BCUT2D eigenvalue weighted by molar-refractivity contribution is -0.130. The molecule has 3 rings (SSSR count). The Labute approximate surface area is 195 Å². The number of benzene rings is 2. The monoisotopic (exact) mass is 448 g/mol. The molecule has 0 saturated heterocycles. The van der Waals surface area contributed by atoms with Crippen molar-refractivity contribution in [3.8, 4) is 11.4 Å². The Morgan fingerprint density at radius 1 is 1.06 bits per heavy atom. The van der Waals surface area contributed by atoms with Crippen molar-refractivity contribution in [2.75, 3.05) is 27.7 Å². The zero-order valence-corrected chi connectivity index (χ0v) is 19.9. The van der Waals surface area contributed by atoms with E-state index in [1.165, 1.54) is 4.90 Å². The van der Waals surface area contributed by atoms with Crippen molar-refractivity contribution >= 4 is 11.9 Å². The molecule has 0 aliphatic heterocycles. The molecule has 33 heavy (non-hydrogen) atoms. The molecule has 0 aliphatic carbocycles. The van der Waals surface area contributed by atoms with Crippen LogP contribution in [-0.2, 0) is 17.9 Å². The molecule has 0 fully saturated rings. The zero-order valence-electron chi connectivity index (χ0n) is 19.9. The summed E-state index contributed by atoms with van der Waals surface area (Å²) in [5.41, 5.74) is 5.27. The second-order valence-corrected chi connectivity index (χ2v) is 7.97. The molecule has 1 heterocycles. The maximum atomic E-state index is 11.7. The summed E-state index contributed by atoms with van der Waals surface area (Å²) < 4.78 is 7.57. The van der Waals surface area contributed by atoms with Crippen molar-refractivity contribution in [3.63, 3.8) is 0 Å². The number of carbonyl (C=O) groups is 1. The van der Waals surface area contributed by atoms with Gasteiger partial charge < -0.3 is 20.3 Å². The van der Waals surface area contributed by atoms with Crippen LogP contribution in [0.15, 0.2) is 59.6 Å². The van der Waals surface area contributed by atoms with Gasteiger partial charge in [-0.25, -0.2) is 4.68 Å². The number of aromatic nitrogens is 2. The molecule has 3 aromatic rings. The minimum Gasteiger partial charge on any atom is -0.484 e. The third-order valence-corrected chi connectivity index (χ3v) is 5.12. The van der Waals surface area contributed by atoms with Gasteiger partial charge in [0.05, 0.1) is 11.4 Å². The zero-order chi connectivity index (χ0) is 23.8. The molecular formula is C25H32N6O2. The highest BCUT2D eigenvalue weighted by Gasteiger charge is 2.10. The summed E-state index contributed by atoms with van der Waals surface area (Å²) in [6, 6.07) is 17.9. The van der Waals surface area contributed by atoms with E-state index in [1.807, 2.05) is 48.0 Å². The van der Waals surface area contributed by atoms with Crippen molar-refractivity contribution in [2.45, 2.75) is 26.9 Å². The first-order chi connectivity index (χ1) is 15.9. The maximum Gasteiger partial charge on any atom is 0.259 e. The fourth-order valence-corrected chi connectivity index (χ4v) is 3.34. The van der Waals surface area contributed by atoms with Crippen LogP contribution in [0, 0.1) is 13.8 Å². The Morgan fingerprint density at radius 2 is 1.82 bits per heavy atom. The normalized spacial score (nSPS) is 11.2. The van der Waals surface area contributed by atoms with Crippen LogP contribution < -0.4 is 15.4 Å². The maximum absolute atomic E-state index is 11.7. The average Bonchev–Trinajstić information content (AvgIpc) is 3.15. The fraction of sp³-hybridized carbons (Fsp3) is 0.320. The van der Waals surface area contributed by atoms with Crippen molar-refractivity contribution in [1.82, 2.24) is 25.3 Å². The van der Waals surface area contributed by atoms with Gasteiger partial charge in [-0.1, -0.05) is 30.3 Å². The van der Waals surface area contributed by atoms with Crippen LogP contribution in [0.5, 0.6) is 5.75 Å². The predicted octanol–water partition coefficient (Wildman–Crippen LogP) is 2.82. The standard InChI is InChI=1S/C25H32N6O2/c1-18-13-19(2)31(29-18)23-12-7-6-10-21(23)16-28-25(26-3)27-15-20-9-8-11-22(14-20)33-17-24(32)30(4)5/h6-14H,15-17H2,1-5H3,(H2,26,27,28). The Kier molecular flexibility index (Phi) is 8.07. The quantitative estimate of drug-likeness (QED) is 0.409. The Morgan fingerprint density at radius 3 is 2.52 bits per heavy atom. The van der Waals surface area contributed by atoms with E-state index < -0.39 is 0 Å². The van der Waals surface area contributed by atoms with Crippen molar-refractivity contribution in [3.05, 3.63) is 77.1 Å². The molecule has 8 nitrogen and oxygen atoms in total. The summed E-state index contributed by atoms with van der Waals surface area (Å²) in [6.07, 6.45) is 0. The third-order valence-electron chi connectivity index (χ3n) is 5.12. The number of hydrogen-bond acceptors (Lipinski definition) is 4. The van der Waals surface area contributed by atoms with Gasteiger partial charge in [0.1, 0.15) is 5.75 Å². The van der Waals surface area contributed by atoms with E-state index in [0.29, 0.717) is 24.8 Å². The summed E-state index contributed by atoms with van der Waals surface area (Å²) in [4.78, 5) is 17.6. The summed E-state index contributed by atoms with van der Waals surface area (Å²) in [5.74, 6) is 1.27. The molecule has 0 unspecified atom stereocenters. The number of ether oxygens (including phenoxy) is 1. The van der Waals surface area contributed by atoms with Gasteiger partial charge in [0.2, 0.25) is 0 Å². The lowest BCUT2D eigenvalue weighted by Gasteiger charge is -2.15. The Hall–Kier alpha value is -3.81. The number of para-hydroxylation sites is 1. The third kappa shape index (κ3) is 6.58. The molecule has 2 N–H and O–H groups in total. The minimum atomic E-state index is -0.0797. The molecule has 8 heteroatoms. The lowest BCUT2D eigenvalue weighted by atomic mass is 10.1. The molecule has 0 radical (unpaired) electrons. The first-order valence-electron chi connectivity index (χ1n) is 10.9. The fourth-order valence-electron chi connectivity index (χ4n) is 3.34. The largest absolute Gasteiger partial charge is 0.484 e.